The van der Waals surface area contributed by atoms with Crippen LogP contribution < -0.4 is 5.32 Å². The van der Waals surface area contributed by atoms with Crippen LogP contribution in [0.2, 0.25) is 0 Å². The molecule has 0 saturated heterocycles. The minimum absolute atomic E-state index is 0.0780. The molecule has 0 rings (SSSR count). The molecule has 0 aromatic carbocycles. The molecule has 0 aliphatic rings. The number of aliphatic hydroxyl groups is 1. The van der Waals surface area contributed by atoms with E-state index < -0.39 is 20.0 Å². The van der Waals surface area contributed by atoms with Crippen LogP contribution in [0.25, 0.3) is 0 Å². The van der Waals surface area contributed by atoms with Crippen molar-refractivity contribution in [2.45, 2.75) is 328 Å². The van der Waals surface area contributed by atoms with E-state index in [2.05, 4.69) is 31.3 Å². The Labute approximate surface area is 431 Å². The molecule has 0 saturated carbocycles. The molecule has 69 heavy (non-hydrogen) atoms. The molecule has 0 radical (unpaired) electrons. The van der Waals surface area contributed by atoms with E-state index in [1.54, 1.807) is 0 Å². The maximum Gasteiger partial charge on any atom is 0.472 e. The number of unbranched alkanes of at least 4 members (excludes halogenated alkanes) is 42. The quantitative estimate of drug-likeness (QED) is 0.0243. The average molecular weight is 999 g/mol. The number of carbonyl (C=O) groups is 1. The Morgan fingerprint density at radius 3 is 1.12 bits per heavy atom. The summed E-state index contributed by atoms with van der Waals surface area (Å²) in [7, 11) is 1.63. The van der Waals surface area contributed by atoms with Crippen molar-refractivity contribution in [1.82, 2.24) is 5.32 Å². The Kier molecular flexibility index (Phi) is 51.5. The first-order valence-electron chi connectivity index (χ1n) is 30.6. The van der Waals surface area contributed by atoms with Crippen molar-refractivity contribution < 1.29 is 32.9 Å². The largest absolute Gasteiger partial charge is 0.472 e. The third kappa shape index (κ3) is 54.8. The number of allylic oxidation sites excluding steroid dienone is 2. The second-order valence-electron chi connectivity index (χ2n) is 22.4. The molecule has 0 aromatic heterocycles. The van der Waals surface area contributed by atoms with Crippen molar-refractivity contribution in [2.24, 2.45) is 0 Å². The molecule has 0 spiro atoms. The van der Waals surface area contributed by atoms with Gasteiger partial charge in [-0.05, 0) is 38.5 Å². The molecule has 412 valence electrons. The Morgan fingerprint density at radius 2 is 0.783 bits per heavy atom. The topological polar surface area (TPSA) is 105 Å². The normalized spacial score (nSPS) is 13.9. The summed E-state index contributed by atoms with van der Waals surface area (Å²) < 4.78 is 23.7. The van der Waals surface area contributed by atoms with Crippen LogP contribution in [0.3, 0.4) is 0 Å². The van der Waals surface area contributed by atoms with Crippen molar-refractivity contribution in [1.29, 1.82) is 0 Å². The Hall–Kier alpha value is -0.760. The Bertz CT molecular complexity index is 1130. The number of carbonyl (C=O) groups excluding carboxylic acids is 1. The first kappa shape index (κ1) is 68.2. The smallest absolute Gasteiger partial charge is 0.391 e. The van der Waals surface area contributed by atoms with Gasteiger partial charge in [0.2, 0.25) is 5.91 Å². The second kappa shape index (κ2) is 52.1. The first-order chi connectivity index (χ1) is 33.5. The molecule has 0 aliphatic carbocycles. The van der Waals surface area contributed by atoms with Gasteiger partial charge in [-0.15, -0.1) is 0 Å². The molecule has 1 amide bonds. The number of nitrogens with zero attached hydrogens (tertiary/aromatic N) is 1. The number of amides is 1. The fourth-order valence-electron chi connectivity index (χ4n) is 9.46. The predicted molar refractivity (Wildman–Crippen MR) is 300 cm³/mol. The number of hydrogen-bond donors (Lipinski definition) is 3. The van der Waals surface area contributed by atoms with E-state index in [1.165, 1.54) is 250 Å². The summed E-state index contributed by atoms with van der Waals surface area (Å²) in [4.78, 5) is 23.3. The van der Waals surface area contributed by atoms with Crippen LogP contribution in [0.15, 0.2) is 12.2 Å². The molecule has 0 bridgehead atoms. The molecular formula is C60H122N2O6P+. The minimum atomic E-state index is -4.31. The number of phosphoric acid groups is 1. The lowest BCUT2D eigenvalue weighted by Gasteiger charge is -2.26. The van der Waals surface area contributed by atoms with Gasteiger partial charge in [-0.1, -0.05) is 283 Å². The van der Waals surface area contributed by atoms with Crippen LogP contribution >= 0.6 is 7.82 Å². The minimum Gasteiger partial charge on any atom is -0.391 e. The van der Waals surface area contributed by atoms with Crippen LogP contribution in [-0.4, -0.2) is 73.4 Å². The van der Waals surface area contributed by atoms with Gasteiger partial charge in [0, 0.05) is 6.42 Å². The van der Waals surface area contributed by atoms with Gasteiger partial charge in [0.15, 0.2) is 0 Å². The van der Waals surface area contributed by atoms with E-state index in [9.17, 15) is 19.4 Å². The van der Waals surface area contributed by atoms with Gasteiger partial charge in [0.1, 0.15) is 13.2 Å². The van der Waals surface area contributed by atoms with Gasteiger partial charge in [-0.2, -0.15) is 0 Å². The van der Waals surface area contributed by atoms with Gasteiger partial charge in [0.05, 0.1) is 39.9 Å². The third-order valence-electron chi connectivity index (χ3n) is 14.3. The SMILES string of the molecule is CCCCCCCCCC/C=C\CCCCCCCCCCCCCCCCCCCCCCCCCC(=O)NC(COP(=O)(O)OCC[N+](C)(C)C)C(O)CCCCCCCCCCCCCC. The fraction of sp³-hybridized carbons (Fsp3) is 0.950. The maximum absolute atomic E-state index is 13.0. The number of nitrogens with one attached hydrogen (secondary N) is 1. The van der Waals surface area contributed by atoms with Crippen LogP contribution in [0.4, 0.5) is 0 Å². The molecular weight excluding hydrogens is 876 g/mol. The molecule has 0 aromatic rings. The van der Waals surface area contributed by atoms with Gasteiger partial charge in [-0.25, -0.2) is 4.57 Å². The van der Waals surface area contributed by atoms with E-state index in [0.717, 1.165) is 38.5 Å². The summed E-state index contributed by atoms with van der Waals surface area (Å²) in [5.41, 5.74) is 0. The van der Waals surface area contributed by atoms with E-state index in [4.69, 9.17) is 9.05 Å². The summed E-state index contributed by atoms with van der Waals surface area (Å²) in [6, 6.07) is -0.755. The summed E-state index contributed by atoms with van der Waals surface area (Å²) in [5, 5.41) is 14.0. The van der Waals surface area contributed by atoms with E-state index >= 15 is 0 Å². The molecule has 3 N–H and O–H groups in total. The highest BCUT2D eigenvalue weighted by Gasteiger charge is 2.28. The number of aliphatic hydroxyl groups excluding tert-OH is 1. The number of likely N-dealkylation sites (N-methyl/N-ethyl adjacent to an activating group) is 1. The highest BCUT2D eigenvalue weighted by molar-refractivity contribution is 7.47. The summed E-state index contributed by atoms with van der Waals surface area (Å²) in [6.45, 7) is 4.92. The molecule has 0 fully saturated rings. The molecule has 9 heteroatoms. The zero-order valence-electron chi connectivity index (χ0n) is 47.1. The monoisotopic (exact) mass is 998 g/mol. The second-order valence-corrected chi connectivity index (χ2v) is 23.9. The Balaban J connectivity index is 3.87. The lowest BCUT2D eigenvalue weighted by atomic mass is 10.0. The highest BCUT2D eigenvalue weighted by Crippen LogP contribution is 2.43. The lowest BCUT2D eigenvalue weighted by Crippen LogP contribution is -2.46. The molecule has 8 nitrogen and oxygen atoms in total. The van der Waals surface area contributed by atoms with Crippen LogP contribution in [0, 0.1) is 0 Å². The number of quaternary nitrogens is 1. The van der Waals surface area contributed by atoms with Crippen molar-refractivity contribution in [3.63, 3.8) is 0 Å². The third-order valence-corrected chi connectivity index (χ3v) is 15.2. The van der Waals surface area contributed by atoms with E-state index in [1.807, 2.05) is 21.1 Å². The number of rotatable bonds is 57. The van der Waals surface area contributed by atoms with Crippen LogP contribution in [0.1, 0.15) is 316 Å². The summed E-state index contributed by atoms with van der Waals surface area (Å²) >= 11 is 0. The maximum atomic E-state index is 13.0. The van der Waals surface area contributed by atoms with E-state index in [0.29, 0.717) is 23.9 Å². The lowest BCUT2D eigenvalue weighted by molar-refractivity contribution is -0.870. The number of hydrogen-bond acceptors (Lipinski definition) is 5. The Morgan fingerprint density at radius 1 is 0.478 bits per heavy atom. The molecule has 3 unspecified atom stereocenters. The van der Waals surface area contributed by atoms with Gasteiger partial charge >= 0.3 is 7.82 Å². The van der Waals surface area contributed by atoms with Crippen molar-refractivity contribution in [2.75, 3.05) is 40.9 Å². The molecule has 0 aliphatic heterocycles. The van der Waals surface area contributed by atoms with Crippen LogP contribution in [-0.2, 0) is 18.4 Å². The summed E-state index contributed by atoms with van der Waals surface area (Å²) in [6.07, 6.45) is 64.4. The average Bonchev–Trinajstić information content (AvgIpc) is 3.31. The number of phosphoric ester groups is 1. The standard InChI is InChI=1S/C60H121N2O6P/c1-6-8-10-12-14-16-18-20-21-22-23-24-25-26-27-28-29-30-31-32-33-34-35-36-37-38-39-40-41-42-44-46-48-50-52-54-60(64)61-58(57-68-69(65,66)67-56-55-62(3,4)5)59(63)53-51-49-47-45-43-19-17-15-13-11-9-7-2/h22-23,58-59,63H,6-21,24-57H2,1-5H3,(H-,61,64,65,66)/p+1/b23-22-. The zero-order chi connectivity index (χ0) is 50.6. The van der Waals surface area contributed by atoms with Crippen molar-refractivity contribution >= 4 is 13.7 Å². The van der Waals surface area contributed by atoms with E-state index in [-0.39, 0.29) is 19.1 Å². The van der Waals surface area contributed by atoms with Crippen molar-refractivity contribution in [3.8, 4) is 0 Å². The summed E-state index contributed by atoms with van der Waals surface area (Å²) in [5.74, 6) is -0.138. The molecule has 3 atom stereocenters. The van der Waals surface area contributed by atoms with Crippen molar-refractivity contribution in [3.05, 3.63) is 12.2 Å². The first-order valence-corrected chi connectivity index (χ1v) is 32.0. The zero-order valence-corrected chi connectivity index (χ0v) is 48.0. The van der Waals surface area contributed by atoms with Gasteiger partial charge < -0.3 is 19.8 Å². The highest BCUT2D eigenvalue weighted by atomic mass is 31.2. The fourth-order valence-corrected chi connectivity index (χ4v) is 10.2. The predicted octanol–water partition coefficient (Wildman–Crippen LogP) is 18.6. The molecule has 0 heterocycles. The van der Waals surface area contributed by atoms with Gasteiger partial charge in [0.25, 0.3) is 0 Å². The van der Waals surface area contributed by atoms with Gasteiger partial charge in [-0.3, -0.25) is 13.8 Å². The van der Waals surface area contributed by atoms with Crippen LogP contribution in [0.5, 0.6) is 0 Å².